The second kappa shape index (κ2) is 6.41. The van der Waals surface area contributed by atoms with Gasteiger partial charge in [0.1, 0.15) is 6.54 Å². The summed E-state index contributed by atoms with van der Waals surface area (Å²) in [7, 11) is 0. The summed E-state index contributed by atoms with van der Waals surface area (Å²) in [4.78, 5) is 25.8. The van der Waals surface area contributed by atoms with Crippen LogP contribution in [0, 0.1) is 0 Å². The van der Waals surface area contributed by atoms with Crippen LogP contribution in [0.15, 0.2) is 29.2 Å². The van der Waals surface area contributed by atoms with E-state index in [0.29, 0.717) is 12.1 Å². The third-order valence-corrected chi connectivity index (χ3v) is 4.08. The molecule has 2 aliphatic heterocycles. The number of aromatic nitrogens is 1. The highest BCUT2D eigenvalue weighted by Crippen LogP contribution is 2.20. The summed E-state index contributed by atoms with van der Waals surface area (Å²) in [5.41, 5.74) is -0.120. The Bertz CT molecular complexity index is 531. The number of rotatable bonds is 2. The fraction of sp³-hybridized carbons (Fsp3) is 0.571. The molecule has 2 unspecified atom stereocenters. The zero-order valence-corrected chi connectivity index (χ0v) is 12.1. The van der Waals surface area contributed by atoms with Crippen LogP contribution in [-0.2, 0) is 11.3 Å². The molecular formula is C14H20ClN3O2. The Kier molecular flexibility index (Phi) is 4.83. The van der Waals surface area contributed by atoms with Crippen LogP contribution in [-0.4, -0.2) is 40.5 Å². The molecule has 1 aromatic rings. The zero-order chi connectivity index (χ0) is 13.2. The predicted octanol–water partition coefficient (Wildman–Crippen LogP) is 0.623. The van der Waals surface area contributed by atoms with Crippen molar-refractivity contribution in [2.75, 3.05) is 13.1 Å². The van der Waals surface area contributed by atoms with E-state index >= 15 is 0 Å². The standard InChI is InChI=1S/C14H19N3O2.ClH/c18-13-3-1-2-7-16(13)10-14(19)17-8-6-11-4-5-12(9-17)15-11;/h1-3,7,11-12,15H,4-6,8-10H2;1H. The molecule has 2 atom stereocenters. The first-order valence-corrected chi connectivity index (χ1v) is 6.91. The van der Waals surface area contributed by atoms with E-state index in [1.54, 1.807) is 18.3 Å². The SMILES string of the molecule is Cl.O=C(Cn1ccccc1=O)N1CCC2CCC(C1)N2. The molecule has 5 nitrogen and oxygen atoms in total. The highest BCUT2D eigenvalue weighted by molar-refractivity contribution is 5.85. The lowest BCUT2D eigenvalue weighted by atomic mass is 10.1. The number of likely N-dealkylation sites (tertiary alicyclic amines) is 1. The van der Waals surface area contributed by atoms with Crippen molar-refractivity contribution in [3.63, 3.8) is 0 Å². The number of carbonyl (C=O) groups excluding carboxylic acids is 1. The summed E-state index contributed by atoms with van der Waals surface area (Å²) < 4.78 is 1.47. The van der Waals surface area contributed by atoms with Crippen LogP contribution in [0.1, 0.15) is 19.3 Å². The highest BCUT2D eigenvalue weighted by Gasteiger charge is 2.30. The molecule has 0 radical (unpaired) electrons. The minimum atomic E-state index is -0.120. The van der Waals surface area contributed by atoms with Crippen LogP contribution in [0.2, 0.25) is 0 Å². The summed E-state index contributed by atoms with van der Waals surface area (Å²) in [6.45, 7) is 1.72. The molecule has 0 aromatic carbocycles. The monoisotopic (exact) mass is 297 g/mol. The van der Waals surface area contributed by atoms with E-state index in [4.69, 9.17) is 0 Å². The summed E-state index contributed by atoms with van der Waals surface area (Å²) >= 11 is 0. The van der Waals surface area contributed by atoms with Gasteiger partial charge in [-0.25, -0.2) is 0 Å². The van der Waals surface area contributed by atoms with Gasteiger partial charge in [0.25, 0.3) is 5.56 Å². The quantitative estimate of drug-likeness (QED) is 0.871. The molecule has 1 aromatic heterocycles. The van der Waals surface area contributed by atoms with Gasteiger partial charge >= 0.3 is 0 Å². The molecule has 20 heavy (non-hydrogen) atoms. The van der Waals surface area contributed by atoms with Crippen molar-refractivity contribution in [1.82, 2.24) is 14.8 Å². The average molecular weight is 298 g/mol. The number of carbonyl (C=O) groups is 1. The fourth-order valence-corrected chi connectivity index (χ4v) is 3.01. The van der Waals surface area contributed by atoms with Crippen LogP contribution in [0.3, 0.4) is 0 Å². The molecule has 2 saturated heterocycles. The van der Waals surface area contributed by atoms with Crippen LogP contribution in [0.5, 0.6) is 0 Å². The molecular weight excluding hydrogens is 278 g/mol. The largest absolute Gasteiger partial charge is 0.340 e. The lowest BCUT2D eigenvalue weighted by Gasteiger charge is -2.24. The third-order valence-electron chi connectivity index (χ3n) is 4.08. The molecule has 1 N–H and O–H groups in total. The first-order chi connectivity index (χ1) is 9.22. The van der Waals surface area contributed by atoms with Gasteiger partial charge in [-0.1, -0.05) is 6.07 Å². The Labute approximate surface area is 124 Å². The number of hydrogen-bond donors (Lipinski definition) is 1. The maximum absolute atomic E-state index is 12.3. The molecule has 0 aliphatic carbocycles. The van der Waals surface area contributed by atoms with Crippen LogP contribution < -0.4 is 10.9 Å². The van der Waals surface area contributed by atoms with Crippen LogP contribution in [0.4, 0.5) is 0 Å². The topological polar surface area (TPSA) is 54.3 Å². The Hall–Kier alpha value is -1.33. The van der Waals surface area contributed by atoms with Gasteiger partial charge in [-0.15, -0.1) is 12.4 Å². The van der Waals surface area contributed by atoms with E-state index in [1.165, 1.54) is 17.1 Å². The number of pyridine rings is 1. The number of nitrogens with one attached hydrogen (secondary N) is 1. The maximum Gasteiger partial charge on any atom is 0.250 e. The third kappa shape index (κ3) is 3.22. The van der Waals surface area contributed by atoms with Gasteiger partial charge in [0.05, 0.1) is 0 Å². The van der Waals surface area contributed by atoms with Gasteiger partial charge in [-0.05, 0) is 25.3 Å². The highest BCUT2D eigenvalue weighted by atomic mass is 35.5. The molecule has 2 fully saturated rings. The average Bonchev–Trinajstić information content (AvgIpc) is 2.71. The molecule has 6 heteroatoms. The fourth-order valence-electron chi connectivity index (χ4n) is 3.01. The smallest absolute Gasteiger partial charge is 0.250 e. The van der Waals surface area contributed by atoms with E-state index in [2.05, 4.69) is 5.32 Å². The Morgan fingerprint density at radius 2 is 2.05 bits per heavy atom. The number of hydrogen-bond acceptors (Lipinski definition) is 3. The molecule has 1 amide bonds. The van der Waals surface area contributed by atoms with E-state index in [9.17, 15) is 9.59 Å². The second-order valence-corrected chi connectivity index (χ2v) is 5.43. The van der Waals surface area contributed by atoms with Crippen molar-refractivity contribution in [3.8, 4) is 0 Å². The van der Waals surface area contributed by atoms with Crippen molar-refractivity contribution >= 4 is 18.3 Å². The van der Waals surface area contributed by atoms with Crippen LogP contribution in [0.25, 0.3) is 0 Å². The van der Waals surface area contributed by atoms with Crippen molar-refractivity contribution in [2.45, 2.75) is 37.9 Å². The summed E-state index contributed by atoms with van der Waals surface area (Å²) in [5.74, 6) is 0.0441. The lowest BCUT2D eigenvalue weighted by molar-refractivity contribution is -0.132. The molecule has 2 aliphatic rings. The van der Waals surface area contributed by atoms with E-state index in [0.717, 1.165) is 25.9 Å². The molecule has 0 spiro atoms. The van der Waals surface area contributed by atoms with E-state index in [-0.39, 0.29) is 30.4 Å². The number of nitrogens with zero attached hydrogens (tertiary/aromatic N) is 2. The predicted molar refractivity (Wildman–Crippen MR) is 79.1 cm³/mol. The van der Waals surface area contributed by atoms with Gasteiger partial charge in [-0.3, -0.25) is 9.59 Å². The minimum absolute atomic E-state index is 0. The summed E-state index contributed by atoms with van der Waals surface area (Å²) in [6, 6.07) is 5.96. The maximum atomic E-state index is 12.3. The van der Waals surface area contributed by atoms with Gasteiger partial charge < -0.3 is 14.8 Å². The van der Waals surface area contributed by atoms with E-state index in [1.807, 2.05) is 4.90 Å². The Morgan fingerprint density at radius 1 is 1.25 bits per heavy atom. The Balaban J connectivity index is 0.00000147. The number of fused-ring (bicyclic) bond motifs is 2. The summed E-state index contributed by atoms with van der Waals surface area (Å²) in [6.07, 6.45) is 5.07. The van der Waals surface area contributed by atoms with Gasteiger partial charge in [0.15, 0.2) is 0 Å². The molecule has 2 bridgehead atoms. The van der Waals surface area contributed by atoms with Gasteiger partial charge in [-0.2, -0.15) is 0 Å². The first kappa shape index (κ1) is 15.1. The lowest BCUT2D eigenvalue weighted by Crippen LogP contribution is -2.41. The van der Waals surface area contributed by atoms with Gasteiger partial charge in [0, 0.05) is 37.4 Å². The number of amides is 1. The Morgan fingerprint density at radius 3 is 2.85 bits per heavy atom. The van der Waals surface area contributed by atoms with Crippen molar-refractivity contribution < 1.29 is 4.79 Å². The van der Waals surface area contributed by atoms with Crippen molar-refractivity contribution in [3.05, 3.63) is 34.7 Å². The van der Waals surface area contributed by atoms with Crippen LogP contribution >= 0.6 is 12.4 Å². The van der Waals surface area contributed by atoms with Crippen molar-refractivity contribution in [1.29, 1.82) is 0 Å². The van der Waals surface area contributed by atoms with Crippen molar-refractivity contribution in [2.24, 2.45) is 0 Å². The normalized spacial score (nSPS) is 24.9. The minimum Gasteiger partial charge on any atom is -0.340 e. The molecule has 110 valence electrons. The number of halogens is 1. The zero-order valence-electron chi connectivity index (χ0n) is 11.3. The molecule has 3 rings (SSSR count). The first-order valence-electron chi connectivity index (χ1n) is 6.91. The van der Waals surface area contributed by atoms with Gasteiger partial charge in [0.2, 0.25) is 5.91 Å². The second-order valence-electron chi connectivity index (χ2n) is 5.43. The van der Waals surface area contributed by atoms with E-state index < -0.39 is 0 Å². The summed E-state index contributed by atoms with van der Waals surface area (Å²) in [5, 5.41) is 3.55. The molecule has 3 heterocycles. The molecule has 0 saturated carbocycles.